The van der Waals surface area contributed by atoms with E-state index in [0.717, 1.165) is 44.6 Å². The number of ether oxygens (including phenoxy) is 1. The normalized spacial score (nSPS) is 17.4. The molecule has 74 heavy (non-hydrogen) atoms. The first kappa shape index (κ1) is 67.9. The van der Waals surface area contributed by atoms with E-state index in [0.29, 0.717) is 104 Å². The molecule has 0 spiro atoms. The van der Waals surface area contributed by atoms with Gasteiger partial charge in [0.15, 0.2) is 6.04 Å². The highest BCUT2D eigenvalue weighted by atomic mass is 35.5. The van der Waals surface area contributed by atoms with E-state index in [2.05, 4.69) is 42.2 Å². The number of nitrogens with zero attached hydrogens (tertiary/aromatic N) is 6. The van der Waals surface area contributed by atoms with E-state index in [-0.39, 0.29) is 30.3 Å². The lowest BCUT2D eigenvalue weighted by Crippen LogP contribution is -2.59. The summed E-state index contributed by atoms with van der Waals surface area (Å²) in [7, 11) is 12.5. The molecule has 3 unspecified atom stereocenters. The van der Waals surface area contributed by atoms with Gasteiger partial charge in [-0.1, -0.05) is 83.5 Å². The Kier molecular flexibility index (Phi) is 32.4. The van der Waals surface area contributed by atoms with Crippen molar-refractivity contribution in [3.05, 3.63) is 33.8 Å². The average Bonchev–Trinajstić information content (AvgIpc) is 4.04. The van der Waals surface area contributed by atoms with Crippen molar-refractivity contribution in [2.75, 3.05) is 102 Å². The summed E-state index contributed by atoms with van der Waals surface area (Å²) < 4.78 is 5.56. The smallest absolute Gasteiger partial charge is 0.281 e. The topological polar surface area (TPSA) is 169 Å². The zero-order valence-electron chi connectivity index (χ0n) is 47.5. The number of halogens is 2. The summed E-state index contributed by atoms with van der Waals surface area (Å²) in [5.74, 6) is 1.80. The minimum absolute atomic E-state index is 0.0463. The van der Waals surface area contributed by atoms with Crippen LogP contribution >= 0.6 is 23.2 Å². The molecule has 1 aromatic rings. The number of likely N-dealkylation sites (N-methyl/N-ethyl adjacent to an activating group) is 5. The summed E-state index contributed by atoms with van der Waals surface area (Å²) in [6.07, 6.45) is 16.3. The molecule has 0 aromatic heterocycles. The lowest BCUT2D eigenvalue weighted by atomic mass is 10.0. The van der Waals surface area contributed by atoms with Crippen LogP contribution < -0.4 is 10.6 Å². The molecule has 2 aliphatic heterocycles. The van der Waals surface area contributed by atoms with Crippen LogP contribution in [-0.4, -0.2) is 203 Å². The molecule has 0 bridgehead atoms. The van der Waals surface area contributed by atoms with Crippen molar-refractivity contribution >= 4 is 65.3 Å². The number of hydrogen-bond donors (Lipinski definition) is 2. The summed E-state index contributed by atoms with van der Waals surface area (Å²) in [4.78, 5) is 97.4. The average molecular weight is 1080 g/mol. The minimum Gasteiger partial charge on any atom is -0.379 e. The highest BCUT2D eigenvalue weighted by Crippen LogP contribution is 2.47. The van der Waals surface area contributed by atoms with Gasteiger partial charge in [0.2, 0.25) is 23.6 Å². The monoisotopic (exact) mass is 1080 g/mol. The van der Waals surface area contributed by atoms with Gasteiger partial charge in [-0.15, -0.1) is 6.42 Å². The maximum absolute atomic E-state index is 14.0. The Morgan fingerprint density at radius 2 is 1.57 bits per heavy atom. The third-order valence-corrected chi connectivity index (χ3v) is 14.4. The van der Waals surface area contributed by atoms with Crippen LogP contribution in [0.4, 0.5) is 0 Å². The quantitative estimate of drug-likeness (QED) is 0.0460. The molecule has 4 rings (SSSR count). The van der Waals surface area contributed by atoms with Gasteiger partial charge >= 0.3 is 0 Å². The van der Waals surface area contributed by atoms with Gasteiger partial charge in [-0.05, 0) is 107 Å². The van der Waals surface area contributed by atoms with Crippen molar-refractivity contribution in [1.82, 2.24) is 35.1 Å². The standard InChI is InChI=1S/C39H56Cl2N6O6.C8H17NO.C7H15NO.C2H6/c1-9-14-32(45(5)37(52)33(47(6,7)8)24-27-23-28(40)17-18-30(27)41)36(51)43(3)21-12-11-15-29(26-48)44(4)34(49)25-42-35(50)31-16-13-22-46(31)38(53)39(10-2)19-20-39;1-2-3-4-9-5-7-10-8-6-9;1-6(2)4-7(5-9)8-3;1-2/h2,17-18,23,26,29,31-33H,9,11-16,19-22,24-25H2,1,3-8H3;2-8H2,1H3;5-8H,4H2,1-3H3;1-2H3/p+1/t29?,31?,32?,33-;;7-;/m0.0./s1. The number of carbonyl (C=O) groups excluding carboxylic acids is 7. The number of morpholine rings is 1. The largest absolute Gasteiger partial charge is 0.379 e. The van der Waals surface area contributed by atoms with E-state index in [1.54, 1.807) is 49.1 Å². The summed E-state index contributed by atoms with van der Waals surface area (Å²) in [6.45, 7) is 18.4. The number of benzene rings is 1. The molecular formula is C56H95Cl2N8O8+. The lowest BCUT2D eigenvalue weighted by molar-refractivity contribution is -0.886. The maximum atomic E-state index is 14.0. The third-order valence-electron chi connectivity index (χ3n) is 13.8. The molecule has 420 valence electrons. The molecule has 3 fully saturated rings. The number of quaternary nitrogens is 1. The van der Waals surface area contributed by atoms with Gasteiger partial charge in [0, 0.05) is 63.8 Å². The fourth-order valence-corrected chi connectivity index (χ4v) is 9.20. The van der Waals surface area contributed by atoms with E-state index in [1.165, 1.54) is 36.2 Å². The molecule has 1 aliphatic carbocycles. The van der Waals surface area contributed by atoms with Crippen molar-refractivity contribution in [3.63, 3.8) is 0 Å². The second-order valence-corrected chi connectivity index (χ2v) is 21.7. The number of carbonyl (C=O) groups is 7. The van der Waals surface area contributed by atoms with E-state index in [4.69, 9.17) is 34.4 Å². The Bertz CT molecular complexity index is 1930. The van der Waals surface area contributed by atoms with Crippen LogP contribution in [0.3, 0.4) is 0 Å². The third kappa shape index (κ3) is 22.6. The van der Waals surface area contributed by atoms with Gasteiger partial charge in [-0.3, -0.25) is 28.9 Å². The Morgan fingerprint density at radius 3 is 2.08 bits per heavy atom. The van der Waals surface area contributed by atoms with Crippen LogP contribution in [0.1, 0.15) is 124 Å². The Balaban J connectivity index is 0.00000108. The molecule has 18 heteroatoms. The minimum atomic E-state index is -0.797. The fourth-order valence-electron chi connectivity index (χ4n) is 8.81. The predicted octanol–water partition coefficient (Wildman–Crippen LogP) is 6.38. The second-order valence-electron chi connectivity index (χ2n) is 20.9. The summed E-state index contributed by atoms with van der Waals surface area (Å²) in [6, 6.07) is 2.67. The molecule has 1 saturated carbocycles. The van der Waals surface area contributed by atoms with Crippen LogP contribution in [0.15, 0.2) is 18.2 Å². The predicted molar refractivity (Wildman–Crippen MR) is 298 cm³/mol. The van der Waals surface area contributed by atoms with Crippen LogP contribution in [0.2, 0.25) is 10.0 Å². The first-order valence-corrected chi connectivity index (χ1v) is 27.8. The van der Waals surface area contributed by atoms with Gasteiger partial charge in [0.25, 0.3) is 5.91 Å². The van der Waals surface area contributed by atoms with E-state index >= 15 is 0 Å². The number of nitrogens with one attached hydrogen (secondary N) is 2. The van der Waals surface area contributed by atoms with Crippen LogP contribution in [0.25, 0.3) is 0 Å². The van der Waals surface area contributed by atoms with Crippen molar-refractivity contribution in [3.8, 4) is 12.3 Å². The van der Waals surface area contributed by atoms with E-state index < -0.39 is 41.4 Å². The van der Waals surface area contributed by atoms with Crippen LogP contribution in [-0.2, 0) is 44.7 Å². The molecule has 16 nitrogen and oxygen atoms in total. The molecule has 1 aromatic carbocycles. The molecule has 5 amide bonds. The van der Waals surface area contributed by atoms with Gasteiger partial charge in [-0.2, -0.15) is 0 Å². The van der Waals surface area contributed by atoms with E-state index in [9.17, 15) is 33.6 Å². The molecular weight excluding hydrogens is 984 g/mol. The summed E-state index contributed by atoms with van der Waals surface area (Å²) >= 11 is 12.7. The van der Waals surface area contributed by atoms with Crippen molar-refractivity contribution in [2.45, 2.75) is 155 Å². The van der Waals surface area contributed by atoms with Gasteiger partial charge in [0.1, 0.15) is 30.1 Å². The highest BCUT2D eigenvalue weighted by molar-refractivity contribution is 6.33. The lowest BCUT2D eigenvalue weighted by Gasteiger charge is -2.38. The number of terminal acetylenes is 1. The number of unbranched alkanes of at least 4 members (excludes halogenated alkanes) is 2. The van der Waals surface area contributed by atoms with Crippen molar-refractivity contribution in [1.29, 1.82) is 0 Å². The highest BCUT2D eigenvalue weighted by Gasteiger charge is 2.53. The Morgan fingerprint density at radius 1 is 0.919 bits per heavy atom. The number of aldehydes is 2. The van der Waals surface area contributed by atoms with Crippen LogP contribution in [0.5, 0.6) is 0 Å². The molecule has 2 heterocycles. The first-order chi connectivity index (χ1) is 35.0. The Labute approximate surface area is 455 Å². The SMILES string of the molecule is C#CC1(C(=O)N2CCCC2C(=O)NCC(=O)N(C)C(C=O)CCCCN(C)C(=O)C(CCC)N(C)C(=O)[C@H](Cc2cc(Cl)ccc2Cl)[N+](C)(C)C)CC1.CC.CCCCN1CCOCC1.CN[C@H](C=O)CC(C)C. The number of likely N-dealkylation sites (tertiary alicyclic amines) is 1. The molecule has 0 radical (unpaired) electrons. The van der Waals surface area contributed by atoms with Gasteiger partial charge < -0.3 is 49.0 Å². The number of hydrogen-bond acceptors (Lipinski definition) is 10. The molecule has 3 aliphatic rings. The zero-order valence-corrected chi connectivity index (χ0v) is 49.0. The van der Waals surface area contributed by atoms with Crippen LogP contribution in [0, 0.1) is 23.7 Å². The summed E-state index contributed by atoms with van der Waals surface area (Å²) in [5, 5.41) is 6.62. The van der Waals surface area contributed by atoms with Gasteiger partial charge in [0.05, 0.1) is 53.0 Å². The number of rotatable bonds is 26. The summed E-state index contributed by atoms with van der Waals surface area (Å²) in [5.41, 5.74) is -0.0368. The number of amides is 5. The molecule has 2 saturated heterocycles. The zero-order chi connectivity index (χ0) is 56.2. The van der Waals surface area contributed by atoms with Gasteiger partial charge in [-0.25, -0.2) is 0 Å². The van der Waals surface area contributed by atoms with Crippen molar-refractivity contribution < 1.29 is 42.8 Å². The second kappa shape index (κ2) is 35.3. The Hall–Kier alpha value is -4.11. The maximum Gasteiger partial charge on any atom is 0.281 e. The molecule has 2 N–H and O–H groups in total. The first-order valence-electron chi connectivity index (χ1n) is 27.0. The fraction of sp³-hybridized carbons (Fsp3) is 0.732. The van der Waals surface area contributed by atoms with Crippen molar-refractivity contribution in [2.24, 2.45) is 11.3 Å². The molecule has 5 atom stereocenters. The van der Waals surface area contributed by atoms with E-state index in [1.807, 2.05) is 41.9 Å².